The van der Waals surface area contributed by atoms with Crippen LogP contribution in [0.1, 0.15) is 54.5 Å². The standard InChI is InChI=1S/C13H19NO4/c1-4-8(2)7-9(3)14-12(15)11-10(13(16)17)5-6-18-11/h5-6,8-9H,4,7H2,1-3H3,(H,14,15)(H,16,17). The molecule has 2 atom stereocenters. The number of amides is 1. The second-order valence-corrected chi connectivity index (χ2v) is 4.59. The Hall–Kier alpha value is -1.78. The summed E-state index contributed by atoms with van der Waals surface area (Å²) in [4.78, 5) is 22.7. The second kappa shape index (κ2) is 6.23. The Labute approximate surface area is 106 Å². The molecule has 0 aliphatic heterocycles. The first-order chi connectivity index (χ1) is 8.45. The topological polar surface area (TPSA) is 79.5 Å². The zero-order valence-electron chi connectivity index (χ0n) is 10.9. The third kappa shape index (κ3) is 3.61. The molecule has 100 valence electrons. The smallest absolute Gasteiger partial charge is 0.339 e. The van der Waals surface area contributed by atoms with E-state index in [1.54, 1.807) is 0 Å². The highest BCUT2D eigenvalue weighted by Crippen LogP contribution is 2.13. The summed E-state index contributed by atoms with van der Waals surface area (Å²) in [6.07, 6.45) is 3.10. The minimum Gasteiger partial charge on any atom is -0.478 e. The van der Waals surface area contributed by atoms with E-state index < -0.39 is 11.9 Å². The van der Waals surface area contributed by atoms with Crippen LogP contribution < -0.4 is 5.32 Å². The van der Waals surface area contributed by atoms with E-state index in [9.17, 15) is 9.59 Å². The van der Waals surface area contributed by atoms with Gasteiger partial charge in [0, 0.05) is 6.04 Å². The molecule has 0 aliphatic rings. The van der Waals surface area contributed by atoms with Crippen LogP contribution in [0.5, 0.6) is 0 Å². The van der Waals surface area contributed by atoms with Gasteiger partial charge in [0.2, 0.25) is 5.76 Å². The summed E-state index contributed by atoms with van der Waals surface area (Å²) in [6.45, 7) is 6.10. The van der Waals surface area contributed by atoms with E-state index in [0.29, 0.717) is 5.92 Å². The molecule has 0 aromatic carbocycles. The quantitative estimate of drug-likeness (QED) is 0.816. The Morgan fingerprint density at radius 2 is 2.11 bits per heavy atom. The van der Waals surface area contributed by atoms with Crippen LogP contribution in [0.15, 0.2) is 16.7 Å². The van der Waals surface area contributed by atoms with Crippen LogP contribution in [-0.2, 0) is 0 Å². The van der Waals surface area contributed by atoms with E-state index >= 15 is 0 Å². The third-order valence-electron chi connectivity index (χ3n) is 2.93. The van der Waals surface area contributed by atoms with E-state index in [-0.39, 0.29) is 17.4 Å². The molecule has 0 spiro atoms. The van der Waals surface area contributed by atoms with Gasteiger partial charge in [0.1, 0.15) is 5.56 Å². The molecule has 0 aliphatic carbocycles. The molecule has 5 heteroatoms. The minimum absolute atomic E-state index is 0.0146. The van der Waals surface area contributed by atoms with Gasteiger partial charge >= 0.3 is 5.97 Å². The lowest BCUT2D eigenvalue weighted by atomic mass is 10.0. The average molecular weight is 253 g/mol. The monoisotopic (exact) mass is 253 g/mol. The fraction of sp³-hybridized carbons (Fsp3) is 0.538. The van der Waals surface area contributed by atoms with Gasteiger partial charge in [-0.25, -0.2) is 4.79 Å². The zero-order valence-corrected chi connectivity index (χ0v) is 10.9. The van der Waals surface area contributed by atoms with Crippen LogP contribution in [-0.4, -0.2) is 23.0 Å². The molecule has 0 bridgehead atoms. The lowest BCUT2D eigenvalue weighted by Crippen LogP contribution is -2.34. The lowest BCUT2D eigenvalue weighted by molar-refractivity contribution is 0.0687. The lowest BCUT2D eigenvalue weighted by Gasteiger charge is -2.16. The number of carboxylic acid groups (broad SMARTS) is 1. The highest BCUT2D eigenvalue weighted by atomic mass is 16.4. The number of aromatic carboxylic acids is 1. The first-order valence-electron chi connectivity index (χ1n) is 6.07. The number of rotatable bonds is 6. The molecule has 1 heterocycles. The van der Waals surface area contributed by atoms with Crippen LogP contribution in [0.4, 0.5) is 0 Å². The van der Waals surface area contributed by atoms with Crippen molar-refractivity contribution in [1.82, 2.24) is 5.32 Å². The van der Waals surface area contributed by atoms with Crippen molar-refractivity contribution in [2.45, 2.75) is 39.7 Å². The maximum Gasteiger partial charge on any atom is 0.339 e. The maximum atomic E-state index is 11.8. The number of nitrogens with one attached hydrogen (secondary N) is 1. The number of hydrogen-bond donors (Lipinski definition) is 2. The van der Waals surface area contributed by atoms with Crippen molar-refractivity contribution in [3.8, 4) is 0 Å². The van der Waals surface area contributed by atoms with Gasteiger partial charge in [0.05, 0.1) is 6.26 Å². The van der Waals surface area contributed by atoms with Crippen LogP contribution in [0.3, 0.4) is 0 Å². The molecule has 0 fully saturated rings. The summed E-state index contributed by atoms with van der Waals surface area (Å²) in [6, 6.07) is 1.26. The molecule has 0 saturated carbocycles. The summed E-state index contributed by atoms with van der Waals surface area (Å²) < 4.78 is 4.93. The van der Waals surface area contributed by atoms with Crippen molar-refractivity contribution < 1.29 is 19.1 Å². The summed E-state index contributed by atoms with van der Waals surface area (Å²) >= 11 is 0. The zero-order chi connectivity index (χ0) is 13.7. The summed E-state index contributed by atoms with van der Waals surface area (Å²) in [7, 11) is 0. The van der Waals surface area contributed by atoms with Crippen LogP contribution in [0.2, 0.25) is 0 Å². The number of furan rings is 1. The molecular formula is C13H19NO4. The Bertz CT molecular complexity index is 424. The number of carbonyl (C=O) groups is 2. The molecule has 18 heavy (non-hydrogen) atoms. The van der Waals surface area contributed by atoms with Crippen LogP contribution in [0, 0.1) is 5.92 Å². The minimum atomic E-state index is -1.16. The van der Waals surface area contributed by atoms with Crippen LogP contribution >= 0.6 is 0 Å². The summed E-state index contributed by atoms with van der Waals surface area (Å²) in [5.41, 5.74) is -0.108. The fourth-order valence-corrected chi connectivity index (χ4v) is 1.77. The first-order valence-corrected chi connectivity index (χ1v) is 6.07. The molecular weight excluding hydrogens is 234 g/mol. The number of carbonyl (C=O) groups excluding carboxylic acids is 1. The summed E-state index contributed by atoms with van der Waals surface area (Å²) in [5.74, 6) is -1.27. The van der Waals surface area contributed by atoms with E-state index in [1.807, 2.05) is 6.92 Å². The molecule has 1 amide bonds. The van der Waals surface area contributed by atoms with E-state index in [0.717, 1.165) is 12.8 Å². The Morgan fingerprint density at radius 3 is 2.67 bits per heavy atom. The van der Waals surface area contributed by atoms with Crippen molar-refractivity contribution in [3.63, 3.8) is 0 Å². The Kier molecular flexibility index (Phi) is 4.95. The second-order valence-electron chi connectivity index (χ2n) is 4.59. The predicted molar refractivity (Wildman–Crippen MR) is 66.7 cm³/mol. The van der Waals surface area contributed by atoms with Gasteiger partial charge in [-0.2, -0.15) is 0 Å². The molecule has 0 radical (unpaired) electrons. The highest BCUT2D eigenvalue weighted by molar-refractivity contribution is 6.02. The molecule has 0 saturated heterocycles. The van der Waals surface area contributed by atoms with Gasteiger partial charge in [0.15, 0.2) is 0 Å². The van der Waals surface area contributed by atoms with E-state index in [2.05, 4.69) is 19.2 Å². The van der Waals surface area contributed by atoms with Crippen molar-refractivity contribution in [2.24, 2.45) is 5.92 Å². The van der Waals surface area contributed by atoms with Crippen LogP contribution in [0.25, 0.3) is 0 Å². The fourth-order valence-electron chi connectivity index (χ4n) is 1.77. The van der Waals surface area contributed by atoms with Gasteiger partial charge < -0.3 is 14.8 Å². The molecule has 5 nitrogen and oxygen atoms in total. The Morgan fingerprint density at radius 1 is 1.44 bits per heavy atom. The largest absolute Gasteiger partial charge is 0.478 e. The first kappa shape index (κ1) is 14.3. The van der Waals surface area contributed by atoms with Gasteiger partial charge in [0.25, 0.3) is 5.91 Å². The SMILES string of the molecule is CCC(C)CC(C)NC(=O)c1occc1C(=O)O. The molecule has 1 rings (SSSR count). The average Bonchev–Trinajstić information content (AvgIpc) is 2.77. The van der Waals surface area contributed by atoms with Gasteiger partial charge in [-0.15, -0.1) is 0 Å². The van der Waals surface area contributed by atoms with Gasteiger partial charge in [-0.1, -0.05) is 20.3 Å². The van der Waals surface area contributed by atoms with E-state index in [1.165, 1.54) is 12.3 Å². The number of hydrogen-bond acceptors (Lipinski definition) is 3. The highest BCUT2D eigenvalue weighted by Gasteiger charge is 2.21. The normalized spacial score (nSPS) is 13.9. The van der Waals surface area contributed by atoms with Crippen molar-refractivity contribution >= 4 is 11.9 Å². The molecule has 2 N–H and O–H groups in total. The van der Waals surface area contributed by atoms with Gasteiger partial charge in [-0.3, -0.25) is 4.79 Å². The third-order valence-corrected chi connectivity index (χ3v) is 2.93. The molecule has 2 unspecified atom stereocenters. The Balaban J connectivity index is 2.65. The maximum absolute atomic E-state index is 11.8. The molecule has 1 aromatic rings. The predicted octanol–water partition coefficient (Wildman–Crippen LogP) is 2.53. The van der Waals surface area contributed by atoms with Crippen molar-refractivity contribution in [1.29, 1.82) is 0 Å². The van der Waals surface area contributed by atoms with Gasteiger partial charge in [-0.05, 0) is 25.3 Å². The number of carboxylic acids is 1. The summed E-state index contributed by atoms with van der Waals surface area (Å²) in [5, 5.41) is 11.6. The van der Waals surface area contributed by atoms with Crippen molar-refractivity contribution in [3.05, 3.63) is 23.7 Å². The van der Waals surface area contributed by atoms with Crippen molar-refractivity contribution in [2.75, 3.05) is 0 Å². The molecule has 1 aromatic heterocycles. The van der Waals surface area contributed by atoms with E-state index in [4.69, 9.17) is 9.52 Å².